The number of allylic oxidation sites excluding steroid dienone is 3. The van der Waals surface area contributed by atoms with Crippen molar-refractivity contribution in [2.75, 3.05) is 12.4 Å². The highest BCUT2D eigenvalue weighted by molar-refractivity contribution is 8.03. The van der Waals surface area contributed by atoms with E-state index in [9.17, 15) is 4.79 Å². The number of esters is 1. The van der Waals surface area contributed by atoms with E-state index in [2.05, 4.69) is 19.7 Å². The molecule has 0 saturated carbocycles. The minimum absolute atomic E-state index is 0.373. The lowest BCUT2D eigenvalue weighted by Crippen LogP contribution is -2.03. The molecule has 3 heteroatoms. The van der Waals surface area contributed by atoms with Crippen LogP contribution in [0.3, 0.4) is 0 Å². The van der Waals surface area contributed by atoms with Gasteiger partial charge in [0.1, 0.15) is 6.61 Å². The zero-order chi connectivity index (χ0) is 10.8. The van der Waals surface area contributed by atoms with Crippen LogP contribution in [0.2, 0.25) is 0 Å². The highest BCUT2D eigenvalue weighted by Gasteiger charge is 1.96. The van der Waals surface area contributed by atoms with Crippen molar-refractivity contribution in [3.05, 3.63) is 48.9 Å². The van der Waals surface area contributed by atoms with Crippen LogP contribution in [-0.2, 0) is 9.53 Å². The SMILES string of the molecule is C=C/C=C(\C=C)SCCOC(=O)C=C. The Labute approximate surface area is 89.0 Å². The number of ether oxygens (including phenoxy) is 1. The van der Waals surface area contributed by atoms with Crippen molar-refractivity contribution in [2.45, 2.75) is 0 Å². The summed E-state index contributed by atoms with van der Waals surface area (Å²) in [5, 5.41) is 0. The van der Waals surface area contributed by atoms with E-state index in [1.807, 2.05) is 6.08 Å². The molecular formula is C11H14O2S. The van der Waals surface area contributed by atoms with Crippen LogP contribution in [-0.4, -0.2) is 18.3 Å². The first-order chi connectivity index (χ1) is 6.74. The molecule has 14 heavy (non-hydrogen) atoms. The largest absolute Gasteiger partial charge is 0.462 e. The Kier molecular flexibility index (Phi) is 7.65. The predicted octanol–water partition coefficient (Wildman–Crippen LogP) is 2.70. The van der Waals surface area contributed by atoms with Gasteiger partial charge >= 0.3 is 5.97 Å². The van der Waals surface area contributed by atoms with E-state index in [0.29, 0.717) is 12.4 Å². The summed E-state index contributed by atoms with van der Waals surface area (Å²) in [7, 11) is 0. The Bertz CT molecular complexity index is 254. The van der Waals surface area contributed by atoms with Gasteiger partial charge in [0.2, 0.25) is 0 Å². The summed E-state index contributed by atoms with van der Waals surface area (Å²) in [5.74, 6) is 0.309. The molecule has 0 N–H and O–H groups in total. The molecule has 0 aromatic heterocycles. The van der Waals surface area contributed by atoms with Crippen LogP contribution in [0.1, 0.15) is 0 Å². The van der Waals surface area contributed by atoms with Crippen molar-refractivity contribution < 1.29 is 9.53 Å². The van der Waals surface area contributed by atoms with Crippen molar-refractivity contribution in [3.63, 3.8) is 0 Å². The Hall–Kier alpha value is -1.22. The Morgan fingerprint density at radius 2 is 2.00 bits per heavy atom. The molecule has 0 aliphatic rings. The predicted molar refractivity (Wildman–Crippen MR) is 62.1 cm³/mol. The minimum atomic E-state index is -0.390. The quantitative estimate of drug-likeness (QED) is 0.280. The molecule has 0 heterocycles. The fourth-order valence-corrected chi connectivity index (χ4v) is 1.36. The summed E-state index contributed by atoms with van der Waals surface area (Å²) in [4.78, 5) is 11.7. The molecule has 0 fully saturated rings. The lowest BCUT2D eigenvalue weighted by Gasteiger charge is -2.02. The summed E-state index contributed by atoms with van der Waals surface area (Å²) in [6, 6.07) is 0. The second kappa shape index (κ2) is 8.38. The summed E-state index contributed by atoms with van der Waals surface area (Å²) in [6.45, 7) is 10.9. The van der Waals surface area contributed by atoms with Gasteiger partial charge < -0.3 is 4.74 Å². The smallest absolute Gasteiger partial charge is 0.330 e. The number of carbonyl (C=O) groups is 1. The third-order valence-corrected chi connectivity index (χ3v) is 2.25. The van der Waals surface area contributed by atoms with E-state index >= 15 is 0 Å². The number of hydrogen-bond acceptors (Lipinski definition) is 3. The summed E-state index contributed by atoms with van der Waals surface area (Å²) >= 11 is 1.56. The topological polar surface area (TPSA) is 26.3 Å². The molecule has 0 bridgehead atoms. The normalized spacial score (nSPS) is 10.4. The van der Waals surface area contributed by atoms with E-state index in [4.69, 9.17) is 4.74 Å². The van der Waals surface area contributed by atoms with Crippen LogP contribution in [0.5, 0.6) is 0 Å². The first kappa shape index (κ1) is 12.8. The van der Waals surface area contributed by atoms with Crippen molar-refractivity contribution in [1.29, 1.82) is 0 Å². The summed E-state index contributed by atoms with van der Waals surface area (Å²) < 4.78 is 4.80. The Morgan fingerprint density at radius 3 is 2.50 bits per heavy atom. The van der Waals surface area contributed by atoms with Crippen LogP contribution < -0.4 is 0 Å². The third kappa shape index (κ3) is 6.31. The molecule has 0 aliphatic heterocycles. The first-order valence-corrected chi connectivity index (χ1v) is 5.10. The molecule has 0 aliphatic carbocycles. The zero-order valence-electron chi connectivity index (χ0n) is 8.07. The van der Waals surface area contributed by atoms with Gasteiger partial charge in [-0.2, -0.15) is 0 Å². The number of rotatable bonds is 7. The Balaban J connectivity index is 3.67. The van der Waals surface area contributed by atoms with E-state index in [1.165, 1.54) is 0 Å². The van der Waals surface area contributed by atoms with E-state index < -0.39 is 5.97 Å². The second-order valence-electron chi connectivity index (χ2n) is 2.23. The molecule has 0 rings (SSSR count). The van der Waals surface area contributed by atoms with Gasteiger partial charge in [-0.05, 0) is 6.08 Å². The molecule has 0 saturated heterocycles. The van der Waals surface area contributed by atoms with Crippen LogP contribution in [0, 0.1) is 0 Å². The molecule has 0 aromatic carbocycles. The highest BCUT2D eigenvalue weighted by Crippen LogP contribution is 2.15. The maximum absolute atomic E-state index is 10.7. The molecule has 0 unspecified atom stereocenters. The van der Waals surface area contributed by atoms with Crippen molar-refractivity contribution in [3.8, 4) is 0 Å². The number of carbonyl (C=O) groups excluding carboxylic acids is 1. The van der Waals surface area contributed by atoms with Crippen LogP contribution in [0.15, 0.2) is 48.9 Å². The average Bonchev–Trinajstić information content (AvgIpc) is 2.22. The van der Waals surface area contributed by atoms with Gasteiger partial charge in [0.05, 0.1) is 0 Å². The maximum Gasteiger partial charge on any atom is 0.330 e. The van der Waals surface area contributed by atoms with E-state index in [1.54, 1.807) is 23.9 Å². The molecule has 0 amide bonds. The molecule has 0 aromatic rings. The Morgan fingerprint density at radius 1 is 1.29 bits per heavy atom. The van der Waals surface area contributed by atoms with Gasteiger partial charge in [-0.25, -0.2) is 4.79 Å². The molecule has 76 valence electrons. The maximum atomic E-state index is 10.7. The standard InChI is InChI=1S/C11H14O2S/c1-4-7-10(5-2)14-9-8-13-11(12)6-3/h4-7H,1-3,8-9H2/b10-7+. The second-order valence-corrected chi connectivity index (χ2v) is 3.40. The third-order valence-electron chi connectivity index (χ3n) is 1.25. The molecular weight excluding hydrogens is 196 g/mol. The van der Waals surface area contributed by atoms with Crippen LogP contribution in [0.25, 0.3) is 0 Å². The van der Waals surface area contributed by atoms with Gasteiger partial charge in [-0.1, -0.05) is 31.9 Å². The fraction of sp³-hybridized carbons (Fsp3) is 0.182. The van der Waals surface area contributed by atoms with Crippen molar-refractivity contribution >= 4 is 17.7 Å². The highest BCUT2D eigenvalue weighted by atomic mass is 32.2. The molecule has 0 spiro atoms. The van der Waals surface area contributed by atoms with Gasteiger partial charge in [0.25, 0.3) is 0 Å². The molecule has 2 nitrogen and oxygen atoms in total. The lowest BCUT2D eigenvalue weighted by atomic mass is 10.5. The summed E-state index contributed by atoms with van der Waals surface area (Å²) in [6.07, 6.45) is 6.44. The van der Waals surface area contributed by atoms with Crippen molar-refractivity contribution in [1.82, 2.24) is 0 Å². The van der Waals surface area contributed by atoms with Gasteiger partial charge in [-0.15, -0.1) is 11.8 Å². The average molecular weight is 210 g/mol. The van der Waals surface area contributed by atoms with E-state index in [0.717, 1.165) is 11.0 Å². The van der Waals surface area contributed by atoms with E-state index in [-0.39, 0.29) is 0 Å². The number of hydrogen-bond donors (Lipinski definition) is 0. The zero-order valence-corrected chi connectivity index (χ0v) is 8.89. The fourth-order valence-electron chi connectivity index (χ4n) is 0.652. The first-order valence-electron chi connectivity index (χ1n) is 4.11. The van der Waals surface area contributed by atoms with Gasteiger partial charge in [0, 0.05) is 16.7 Å². The lowest BCUT2D eigenvalue weighted by molar-refractivity contribution is -0.137. The van der Waals surface area contributed by atoms with Crippen LogP contribution in [0.4, 0.5) is 0 Å². The van der Waals surface area contributed by atoms with Crippen LogP contribution >= 0.6 is 11.8 Å². The van der Waals surface area contributed by atoms with Gasteiger partial charge in [0.15, 0.2) is 0 Å². The van der Waals surface area contributed by atoms with Gasteiger partial charge in [-0.3, -0.25) is 0 Å². The molecule has 0 radical (unpaired) electrons. The minimum Gasteiger partial charge on any atom is -0.462 e. The summed E-state index contributed by atoms with van der Waals surface area (Å²) in [5.41, 5.74) is 0. The molecule has 0 atom stereocenters. The van der Waals surface area contributed by atoms with Crippen molar-refractivity contribution in [2.24, 2.45) is 0 Å². The monoisotopic (exact) mass is 210 g/mol. The number of thioether (sulfide) groups is 1.